The summed E-state index contributed by atoms with van der Waals surface area (Å²) in [4.78, 5) is 0. The molecule has 0 saturated heterocycles. The van der Waals surface area contributed by atoms with Gasteiger partial charge in [0.05, 0.1) is 0 Å². The van der Waals surface area contributed by atoms with Crippen LogP contribution in [-0.2, 0) is 26.2 Å². The minimum atomic E-state index is 0. The fourth-order valence-electron chi connectivity index (χ4n) is 3.33. The van der Waals surface area contributed by atoms with Gasteiger partial charge in [-0.1, -0.05) is 19.4 Å². The van der Waals surface area contributed by atoms with Crippen LogP contribution in [0.3, 0.4) is 0 Å². The van der Waals surface area contributed by atoms with Gasteiger partial charge in [0.2, 0.25) is 0 Å². The summed E-state index contributed by atoms with van der Waals surface area (Å²) in [5.74, 6) is 1.77. The number of allylic oxidation sites excluding steroid dienone is 8. The van der Waals surface area contributed by atoms with Crippen LogP contribution in [0, 0.1) is 24.7 Å². The number of hydrogen-bond acceptors (Lipinski definition) is 0. The van der Waals surface area contributed by atoms with Crippen LogP contribution < -0.4 is 24.8 Å². The molecule has 125 valence electrons. The molecule has 0 aliphatic heterocycles. The molecule has 2 saturated carbocycles. The van der Waals surface area contributed by atoms with Crippen molar-refractivity contribution >= 4 is 10.2 Å². The standard InChI is InChI=1S/2C9H11.CH5Si.2ClH.Zr/c2*1-2-5-9-7-3-6-8(9)4-1;1-2;;;/h2*1-2,4,6,9H,3,5,7H2;2H2,1H3;2*1H;/q2*-1;;;;+4/p-2. The third kappa shape index (κ3) is 7.86. The van der Waals surface area contributed by atoms with Crippen LogP contribution in [0.15, 0.2) is 47.6 Å². The second kappa shape index (κ2) is 14.7. The van der Waals surface area contributed by atoms with Gasteiger partial charge < -0.3 is 24.8 Å². The summed E-state index contributed by atoms with van der Waals surface area (Å²) in [6.45, 7) is 2.03. The van der Waals surface area contributed by atoms with Crippen molar-refractivity contribution in [3.8, 4) is 0 Å². The second-order valence-electron chi connectivity index (χ2n) is 5.62. The Morgan fingerprint density at radius 2 is 1.22 bits per heavy atom. The van der Waals surface area contributed by atoms with Crippen molar-refractivity contribution in [1.29, 1.82) is 0 Å². The number of rotatable bonds is 0. The van der Waals surface area contributed by atoms with Gasteiger partial charge in [0.15, 0.2) is 0 Å². The minimum Gasteiger partial charge on any atom is -1.00 e. The number of fused-ring (bicyclic) bond motifs is 2. The van der Waals surface area contributed by atoms with Gasteiger partial charge in [-0.3, -0.25) is 0 Å². The van der Waals surface area contributed by atoms with E-state index in [1.54, 1.807) is 11.1 Å². The molecule has 4 rings (SSSR count). The van der Waals surface area contributed by atoms with E-state index in [0.717, 1.165) is 11.8 Å². The quantitative estimate of drug-likeness (QED) is 0.320. The SMILES string of the molecule is C1=CCC2CC[CH-]C2=C1.C1=CCC2CC[CH-]C2=C1.C[SiH2].[Cl-].[Cl-].[Zr+4]. The van der Waals surface area contributed by atoms with Crippen molar-refractivity contribution in [1.82, 2.24) is 0 Å². The molecule has 4 aliphatic carbocycles. The van der Waals surface area contributed by atoms with E-state index in [0.29, 0.717) is 0 Å². The molecule has 0 amide bonds. The van der Waals surface area contributed by atoms with E-state index in [2.05, 4.69) is 49.3 Å². The van der Waals surface area contributed by atoms with Gasteiger partial charge in [-0.25, -0.2) is 36.1 Å². The summed E-state index contributed by atoms with van der Waals surface area (Å²) in [6, 6.07) is 0. The molecule has 1 radical (unpaired) electrons. The van der Waals surface area contributed by atoms with Crippen LogP contribution in [0.1, 0.15) is 38.5 Å². The summed E-state index contributed by atoms with van der Waals surface area (Å²) < 4.78 is 0. The molecule has 4 aliphatic rings. The molecular formula is C19H27Cl2SiZr. The first-order valence-corrected chi connectivity index (χ1v) is 9.45. The van der Waals surface area contributed by atoms with Gasteiger partial charge in [-0.2, -0.15) is 0 Å². The zero-order chi connectivity index (χ0) is 14.2. The summed E-state index contributed by atoms with van der Waals surface area (Å²) in [7, 11) is 1.86. The van der Waals surface area contributed by atoms with E-state index in [-0.39, 0.29) is 51.0 Å². The molecule has 2 unspecified atom stereocenters. The fraction of sp³-hybridized carbons (Fsp3) is 0.474. The summed E-state index contributed by atoms with van der Waals surface area (Å²) in [6.07, 6.45) is 26.1. The Hall–Kier alpha value is 0.380. The van der Waals surface area contributed by atoms with Gasteiger partial charge in [0.25, 0.3) is 0 Å². The summed E-state index contributed by atoms with van der Waals surface area (Å²) in [5, 5.41) is 0. The second-order valence-corrected chi connectivity index (χ2v) is 5.62. The Morgan fingerprint density at radius 3 is 1.57 bits per heavy atom. The number of hydrogen-bond donors (Lipinski definition) is 0. The Labute approximate surface area is 177 Å². The molecule has 0 spiro atoms. The molecule has 0 heterocycles. The zero-order valence-electron chi connectivity index (χ0n) is 14.0. The topological polar surface area (TPSA) is 0 Å². The third-order valence-corrected chi connectivity index (χ3v) is 4.42. The molecule has 0 bridgehead atoms. The molecular weight excluding hydrogens is 418 g/mol. The molecule has 0 nitrogen and oxygen atoms in total. The first-order chi connectivity index (χ1) is 9.93. The van der Waals surface area contributed by atoms with Crippen molar-refractivity contribution in [2.75, 3.05) is 0 Å². The molecule has 0 aromatic rings. The average molecular weight is 446 g/mol. The van der Waals surface area contributed by atoms with Crippen molar-refractivity contribution in [2.45, 2.75) is 45.1 Å². The van der Waals surface area contributed by atoms with Gasteiger partial charge in [0, 0.05) is 10.2 Å². The van der Waals surface area contributed by atoms with Gasteiger partial charge in [-0.05, 0) is 24.7 Å². The van der Waals surface area contributed by atoms with E-state index >= 15 is 0 Å². The van der Waals surface area contributed by atoms with Crippen LogP contribution in [0.4, 0.5) is 0 Å². The van der Waals surface area contributed by atoms with E-state index < -0.39 is 0 Å². The molecule has 0 aromatic carbocycles. The average Bonchev–Trinajstić information content (AvgIpc) is 3.18. The predicted octanol–water partition coefficient (Wildman–Crippen LogP) is -1.35. The Morgan fingerprint density at radius 1 is 0.826 bits per heavy atom. The van der Waals surface area contributed by atoms with Crippen molar-refractivity contribution in [3.63, 3.8) is 0 Å². The molecule has 4 heteroatoms. The maximum atomic E-state index is 2.37. The minimum absolute atomic E-state index is 0. The maximum Gasteiger partial charge on any atom is 4.00 e. The van der Waals surface area contributed by atoms with Gasteiger partial charge >= 0.3 is 26.2 Å². The first kappa shape index (κ1) is 25.6. The van der Waals surface area contributed by atoms with E-state index in [4.69, 9.17) is 0 Å². The van der Waals surface area contributed by atoms with Crippen LogP contribution in [-0.4, -0.2) is 10.2 Å². The summed E-state index contributed by atoms with van der Waals surface area (Å²) in [5.41, 5.74) is 3.16. The zero-order valence-corrected chi connectivity index (χ0v) is 19.4. The van der Waals surface area contributed by atoms with Crippen molar-refractivity contribution in [3.05, 3.63) is 60.4 Å². The Bertz CT molecular complexity index is 387. The van der Waals surface area contributed by atoms with Crippen LogP contribution in [0.5, 0.6) is 0 Å². The van der Waals surface area contributed by atoms with E-state index in [1.165, 1.54) is 38.5 Å². The van der Waals surface area contributed by atoms with Gasteiger partial charge in [0.1, 0.15) is 0 Å². The first-order valence-electron chi connectivity index (χ1n) is 8.04. The van der Waals surface area contributed by atoms with Crippen molar-refractivity contribution in [2.24, 2.45) is 11.8 Å². The molecule has 0 N–H and O–H groups in total. The molecule has 0 aromatic heterocycles. The van der Waals surface area contributed by atoms with Gasteiger partial charge in [-0.15, -0.1) is 37.1 Å². The number of halogens is 2. The third-order valence-electron chi connectivity index (χ3n) is 4.42. The fourth-order valence-corrected chi connectivity index (χ4v) is 3.33. The molecule has 2 fully saturated rings. The molecule has 2 atom stereocenters. The van der Waals surface area contributed by atoms with Crippen molar-refractivity contribution < 1.29 is 51.0 Å². The van der Waals surface area contributed by atoms with Crippen LogP contribution >= 0.6 is 0 Å². The maximum absolute atomic E-state index is 2.37. The largest absolute Gasteiger partial charge is 4.00 e. The Kier molecular flexibility index (Phi) is 16.4. The van der Waals surface area contributed by atoms with Crippen LogP contribution in [0.2, 0.25) is 6.55 Å². The predicted molar refractivity (Wildman–Crippen MR) is 92.1 cm³/mol. The summed E-state index contributed by atoms with van der Waals surface area (Å²) >= 11 is 0. The molecule has 23 heavy (non-hydrogen) atoms. The van der Waals surface area contributed by atoms with E-state index in [1.807, 2.05) is 16.8 Å². The van der Waals surface area contributed by atoms with E-state index in [9.17, 15) is 0 Å². The van der Waals surface area contributed by atoms with Crippen LogP contribution in [0.25, 0.3) is 0 Å². The Balaban J connectivity index is 0. The normalized spacial score (nSPS) is 24.6. The smallest absolute Gasteiger partial charge is 1.00 e. The monoisotopic (exact) mass is 443 g/mol.